The molecule has 0 saturated heterocycles. The standard InChI is InChI=1S/C20H19N5O2/c1-25(27-2)19(26)18-14-9-10-20(13-15(14)23-24-18,16-7-3-5-11-21-16)17-8-4-6-12-22-17/h3-12H,13H2,1-2H3,(H,23,24). The van der Waals surface area contributed by atoms with Crippen LogP contribution in [-0.4, -0.2) is 45.3 Å². The Kier molecular flexibility index (Phi) is 4.29. The van der Waals surface area contributed by atoms with Crippen molar-refractivity contribution in [2.45, 2.75) is 11.8 Å². The third-order valence-electron chi connectivity index (χ3n) is 4.88. The van der Waals surface area contributed by atoms with Gasteiger partial charge < -0.3 is 0 Å². The van der Waals surface area contributed by atoms with E-state index in [1.807, 2.05) is 42.5 Å². The molecule has 3 heterocycles. The van der Waals surface area contributed by atoms with Crippen LogP contribution in [0.1, 0.15) is 33.1 Å². The number of carbonyl (C=O) groups is 1. The second-order valence-electron chi connectivity index (χ2n) is 6.36. The van der Waals surface area contributed by atoms with E-state index in [1.54, 1.807) is 19.4 Å². The third-order valence-corrected chi connectivity index (χ3v) is 4.88. The smallest absolute Gasteiger partial charge is 0.281 e. The second kappa shape index (κ2) is 6.77. The van der Waals surface area contributed by atoms with Crippen molar-refractivity contribution < 1.29 is 9.63 Å². The largest absolute Gasteiger partial charge is 0.298 e. The van der Waals surface area contributed by atoms with Gasteiger partial charge in [-0.05, 0) is 24.3 Å². The number of hydroxylamine groups is 2. The van der Waals surface area contributed by atoms with Crippen molar-refractivity contribution in [1.29, 1.82) is 0 Å². The average molecular weight is 361 g/mol. The summed E-state index contributed by atoms with van der Waals surface area (Å²) in [6, 6.07) is 11.7. The highest BCUT2D eigenvalue weighted by Crippen LogP contribution is 2.39. The zero-order chi connectivity index (χ0) is 18.9. The maximum atomic E-state index is 12.5. The Labute approximate surface area is 156 Å². The molecule has 0 bridgehead atoms. The molecule has 0 unspecified atom stereocenters. The molecular formula is C20H19N5O2. The predicted octanol–water partition coefficient (Wildman–Crippen LogP) is 2.39. The molecule has 27 heavy (non-hydrogen) atoms. The van der Waals surface area contributed by atoms with Gasteiger partial charge in [0.1, 0.15) is 0 Å². The Bertz CT molecular complexity index is 943. The average Bonchev–Trinajstić information content (AvgIpc) is 3.16. The molecule has 7 nitrogen and oxygen atoms in total. The lowest BCUT2D eigenvalue weighted by Gasteiger charge is -2.32. The summed E-state index contributed by atoms with van der Waals surface area (Å²) < 4.78 is 0. The molecule has 0 fully saturated rings. The van der Waals surface area contributed by atoms with E-state index in [-0.39, 0.29) is 5.91 Å². The van der Waals surface area contributed by atoms with Crippen LogP contribution in [0.15, 0.2) is 54.9 Å². The van der Waals surface area contributed by atoms with Crippen molar-refractivity contribution in [1.82, 2.24) is 25.2 Å². The van der Waals surface area contributed by atoms with Crippen LogP contribution in [0, 0.1) is 0 Å². The van der Waals surface area contributed by atoms with Gasteiger partial charge >= 0.3 is 0 Å². The first-order chi connectivity index (χ1) is 13.2. The van der Waals surface area contributed by atoms with Crippen LogP contribution in [-0.2, 0) is 16.7 Å². The van der Waals surface area contributed by atoms with Crippen molar-refractivity contribution >= 4 is 12.0 Å². The minimum Gasteiger partial charge on any atom is -0.281 e. The molecule has 1 aliphatic carbocycles. The summed E-state index contributed by atoms with van der Waals surface area (Å²) in [5, 5.41) is 8.41. The number of amides is 1. The first-order valence-corrected chi connectivity index (χ1v) is 8.57. The molecule has 3 aromatic rings. The number of hydrogen-bond donors (Lipinski definition) is 1. The van der Waals surface area contributed by atoms with Gasteiger partial charge in [-0.25, -0.2) is 5.06 Å². The molecule has 0 saturated carbocycles. The Morgan fingerprint density at radius 2 is 1.81 bits per heavy atom. The molecule has 0 spiro atoms. The van der Waals surface area contributed by atoms with Gasteiger partial charge in [-0.2, -0.15) is 5.10 Å². The van der Waals surface area contributed by atoms with Crippen LogP contribution in [0.25, 0.3) is 6.08 Å². The summed E-state index contributed by atoms with van der Waals surface area (Å²) in [6.45, 7) is 0. The van der Waals surface area contributed by atoms with Crippen molar-refractivity contribution in [3.8, 4) is 0 Å². The van der Waals surface area contributed by atoms with Crippen molar-refractivity contribution in [3.63, 3.8) is 0 Å². The number of carbonyl (C=O) groups excluding carboxylic acids is 1. The van der Waals surface area contributed by atoms with Gasteiger partial charge in [-0.3, -0.25) is 24.7 Å². The van der Waals surface area contributed by atoms with Gasteiger partial charge in [0.2, 0.25) is 0 Å². The van der Waals surface area contributed by atoms with Crippen LogP contribution in [0.4, 0.5) is 0 Å². The number of H-pyrrole nitrogens is 1. The first kappa shape index (κ1) is 17.1. The number of hydrogen-bond acceptors (Lipinski definition) is 5. The van der Waals surface area contributed by atoms with E-state index in [4.69, 9.17) is 4.84 Å². The molecule has 4 rings (SSSR count). The predicted molar refractivity (Wildman–Crippen MR) is 99.7 cm³/mol. The number of pyridine rings is 2. The summed E-state index contributed by atoms with van der Waals surface area (Å²) in [5.74, 6) is -0.303. The Morgan fingerprint density at radius 3 is 2.37 bits per heavy atom. The minimum atomic E-state index is -0.532. The van der Waals surface area contributed by atoms with E-state index in [2.05, 4.69) is 26.2 Å². The fraction of sp³-hybridized carbons (Fsp3) is 0.200. The van der Waals surface area contributed by atoms with E-state index in [9.17, 15) is 4.79 Å². The van der Waals surface area contributed by atoms with E-state index in [1.165, 1.54) is 7.11 Å². The summed E-state index contributed by atoms with van der Waals surface area (Å²) >= 11 is 0. The van der Waals surface area contributed by atoms with Crippen LogP contribution >= 0.6 is 0 Å². The highest BCUT2D eigenvalue weighted by atomic mass is 16.7. The van der Waals surface area contributed by atoms with Gasteiger partial charge in [0.15, 0.2) is 5.69 Å². The third kappa shape index (κ3) is 2.82. The molecule has 7 heteroatoms. The van der Waals surface area contributed by atoms with E-state index >= 15 is 0 Å². The lowest BCUT2D eigenvalue weighted by atomic mass is 9.72. The van der Waals surface area contributed by atoms with Gasteiger partial charge in [0, 0.05) is 37.1 Å². The normalized spacial score (nSPS) is 14.6. The number of allylic oxidation sites excluding steroid dienone is 1. The van der Waals surface area contributed by atoms with Crippen LogP contribution < -0.4 is 0 Å². The number of nitrogens with zero attached hydrogens (tertiary/aromatic N) is 4. The monoisotopic (exact) mass is 361 g/mol. The van der Waals surface area contributed by atoms with Crippen LogP contribution in [0.2, 0.25) is 0 Å². The number of aromatic nitrogens is 4. The quantitative estimate of drug-likeness (QED) is 0.722. The van der Waals surface area contributed by atoms with E-state index in [0.29, 0.717) is 12.1 Å². The lowest BCUT2D eigenvalue weighted by Crippen LogP contribution is -2.33. The maximum absolute atomic E-state index is 12.5. The summed E-state index contributed by atoms with van der Waals surface area (Å²) in [5.41, 5.74) is 3.22. The summed E-state index contributed by atoms with van der Waals surface area (Å²) in [6.07, 6.45) is 8.10. The molecule has 1 N–H and O–H groups in total. The molecule has 1 amide bonds. The van der Waals surface area contributed by atoms with E-state index in [0.717, 1.165) is 27.7 Å². The van der Waals surface area contributed by atoms with Gasteiger partial charge in [-0.1, -0.05) is 24.3 Å². The zero-order valence-electron chi connectivity index (χ0n) is 15.1. The van der Waals surface area contributed by atoms with Gasteiger partial charge in [0.25, 0.3) is 5.91 Å². The highest BCUT2D eigenvalue weighted by Gasteiger charge is 2.39. The van der Waals surface area contributed by atoms with Crippen LogP contribution in [0.5, 0.6) is 0 Å². The van der Waals surface area contributed by atoms with E-state index < -0.39 is 5.41 Å². The fourth-order valence-corrected chi connectivity index (χ4v) is 3.40. The van der Waals surface area contributed by atoms with Crippen molar-refractivity contribution in [2.75, 3.05) is 14.2 Å². The van der Waals surface area contributed by atoms with Gasteiger partial charge in [-0.15, -0.1) is 0 Å². The minimum absolute atomic E-state index is 0.303. The second-order valence-corrected chi connectivity index (χ2v) is 6.36. The van der Waals surface area contributed by atoms with Crippen molar-refractivity contribution in [3.05, 3.63) is 83.2 Å². The molecular weight excluding hydrogens is 342 g/mol. The Balaban J connectivity index is 1.82. The van der Waals surface area contributed by atoms with Crippen molar-refractivity contribution in [2.24, 2.45) is 0 Å². The zero-order valence-corrected chi connectivity index (χ0v) is 15.1. The topological polar surface area (TPSA) is 84.0 Å². The molecule has 0 aromatic carbocycles. The number of fused-ring (bicyclic) bond motifs is 1. The number of nitrogens with one attached hydrogen (secondary N) is 1. The maximum Gasteiger partial charge on any atom is 0.298 e. The first-order valence-electron chi connectivity index (χ1n) is 8.57. The summed E-state index contributed by atoms with van der Waals surface area (Å²) in [4.78, 5) is 26.6. The molecule has 1 aliphatic rings. The molecule has 0 atom stereocenters. The Hall–Kier alpha value is -3.32. The van der Waals surface area contributed by atoms with Crippen LogP contribution in [0.3, 0.4) is 0 Å². The molecule has 3 aromatic heterocycles. The molecule has 136 valence electrons. The Morgan fingerprint density at radius 1 is 1.15 bits per heavy atom. The summed E-state index contributed by atoms with van der Waals surface area (Å²) in [7, 11) is 3.00. The molecule has 0 aliphatic heterocycles. The highest BCUT2D eigenvalue weighted by molar-refractivity contribution is 5.96. The lowest BCUT2D eigenvalue weighted by molar-refractivity contribution is -0.0760. The van der Waals surface area contributed by atoms with Gasteiger partial charge in [0.05, 0.1) is 23.9 Å². The molecule has 0 radical (unpaired) electrons. The number of rotatable bonds is 4. The fourth-order valence-electron chi connectivity index (χ4n) is 3.40. The SMILES string of the molecule is CON(C)C(=O)c1n[nH]c2c1C=CC(c1ccccn1)(c1ccccn1)C2. The number of aromatic amines is 1.